The van der Waals surface area contributed by atoms with Gasteiger partial charge in [-0.25, -0.2) is 8.78 Å². The molecule has 0 radical (unpaired) electrons. The third-order valence-electron chi connectivity index (χ3n) is 6.19. The van der Waals surface area contributed by atoms with E-state index in [1.54, 1.807) is 13.8 Å². The van der Waals surface area contributed by atoms with E-state index in [1.165, 1.54) is 6.92 Å². The molecule has 1 N–H and O–H groups in total. The van der Waals surface area contributed by atoms with E-state index < -0.39 is 17.2 Å². The Hall–Kier alpha value is -2.92. The van der Waals surface area contributed by atoms with Gasteiger partial charge in [0.15, 0.2) is 5.60 Å². The zero-order valence-corrected chi connectivity index (χ0v) is 20.8. The molecule has 34 heavy (non-hydrogen) atoms. The van der Waals surface area contributed by atoms with Gasteiger partial charge in [0.1, 0.15) is 17.4 Å². The number of hydrogen-bond acceptors (Lipinski definition) is 2. The van der Waals surface area contributed by atoms with E-state index >= 15 is 0 Å². The van der Waals surface area contributed by atoms with Crippen LogP contribution >= 0.6 is 11.6 Å². The standard InChI is InChI=1S/C28H30ClF2NO2/c1-17(20-11-13-22(29)14-12-20)26(21-9-7-6-8-10-21)19(3)32-27(33)28(4,5)34-23-15-24(30)18(2)25(31)16-23/h6-17,19,26H,1-5H3,(H,32,33). The lowest BCUT2D eigenvalue weighted by Gasteiger charge is -2.34. The number of ether oxygens (including phenoxy) is 1. The Kier molecular flexibility index (Phi) is 7.98. The number of hydrogen-bond donors (Lipinski definition) is 1. The summed E-state index contributed by atoms with van der Waals surface area (Å²) in [5.74, 6) is -1.84. The summed E-state index contributed by atoms with van der Waals surface area (Å²) in [4.78, 5) is 13.2. The molecule has 3 nitrogen and oxygen atoms in total. The van der Waals surface area contributed by atoms with Crippen molar-refractivity contribution in [1.29, 1.82) is 0 Å². The van der Waals surface area contributed by atoms with Crippen LogP contribution in [0.2, 0.25) is 5.02 Å². The zero-order valence-electron chi connectivity index (χ0n) is 20.0. The van der Waals surface area contributed by atoms with Crippen molar-refractivity contribution in [2.45, 2.75) is 58.1 Å². The SMILES string of the molecule is Cc1c(F)cc(OC(C)(C)C(=O)NC(C)C(c2ccccc2)C(C)c2ccc(Cl)cc2)cc1F. The molecule has 0 bridgehead atoms. The number of benzene rings is 3. The highest BCUT2D eigenvalue weighted by Crippen LogP contribution is 2.36. The average molecular weight is 486 g/mol. The number of amides is 1. The van der Waals surface area contributed by atoms with Gasteiger partial charge in [-0.05, 0) is 56.9 Å². The molecule has 0 spiro atoms. The fraction of sp³-hybridized carbons (Fsp3) is 0.321. The molecule has 3 atom stereocenters. The monoisotopic (exact) mass is 485 g/mol. The second-order valence-electron chi connectivity index (χ2n) is 9.16. The first-order valence-corrected chi connectivity index (χ1v) is 11.6. The Balaban J connectivity index is 1.83. The van der Waals surface area contributed by atoms with Gasteiger partial charge in [0, 0.05) is 34.7 Å². The van der Waals surface area contributed by atoms with Gasteiger partial charge in [-0.15, -0.1) is 0 Å². The van der Waals surface area contributed by atoms with Crippen molar-refractivity contribution in [3.05, 3.63) is 100 Å². The number of rotatable bonds is 8. The predicted molar refractivity (Wildman–Crippen MR) is 132 cm³/mol. The highest BCUT2D eigenvalue weighted by molar-refractivity contribution is 6.30. The Morgan fingerprint density at radius 3 is 2.06 bits per heavy atom. The molecule has 0 aliphatic carbocycles. The fourth-order valence-electron chi connectivity index (χ4n) is 4.15. The van der Waals surface area contributed by atoms with E-state index in [1.807, 2.05) is 61.5 Å². The summed E-state index contributed by atoms with van der Waals surface area (Å²) in [5.41, 5.74) is 0.734. The van der Waals surface area contributed by atoms with Gasteiger partial charge in [0.2, 0.25) is 0 Å². The molecule has 180 valence electrons. The molecule has 3 aromatic rings. The lowest BCUT2D eigenvalue weighted by molar-refractivity contribution is -0.135. The van der Waals surface area contributed by atoms with Gasteiger partial charge >= 0.3 is 0 Å². The molecular weight excluding hydrogens is 456 g/mol. The number of carbonyl (C=O) groups excluding carboxylic acids is 1. The maximum Gasteiger partial charge on any atom is 0.263 e. The molecular formula is C28H30ClF2NO2. The van der Waals surface area contributed by atoms with E-state index in [-0.39, 0.29) is 35.1 Å². The summed E-state index contributed by atoms with van der Waals surface area (Å²) >= 11 is 6.07. The third kappa shape index (κ3) is 5.95. The first kappa shape index (κ1) is 25.7. The first-order chi connectivity index (χ1) is 16.0. The van der Waals surface area contributed by atoms with Crippen LogP contribution in [0.15, 0.2) is 66.7 Å². The van der Waals surface area contributed by atoms with Crippen molar-refractivity contribution in [1.82, 2.24) is 5.32 Å². The lowest BCUT2D eigenvalue weighted by Crippen LogP contribution is -2.51. The van der Waals surface area contributed by atoms with Crippen molar-refractivity contribution in [2.75, 3.05) is 0 Å². The van der Waals surface area contributed by atoms with E-state index in [4.69, 9.17) is 16.3 Å². The van der Waals surface area contributed by atoms with Crippen LogP contribution in [-0.2, 0) is 4.79 Å². The van der Waals surface area contributed by atoms with Crippen molar-refractivity contribution in [2.24, 2.45) is 0 Å². The second kappa shape index (κ2) is 10.6. The van der Waals surface area contributed by atoms with Gasteiger partial charge in [0.25, 0.3) is 5.91 Å². The summed E-state index contributed by atoms with van der Waals surface area (Å²) in [6.07, 6.45) is 0. The minimum Gasteiger partial charge on any atom is -0.478 e. The number of nitrogens with one attached hydrogen (secondary N) is 1. The van der Waals surface area contributed by atoms with Gasteiger partial charge < -0.3 is 10.1 Å². The summed E-state index contributed by atoms with van der Waals surface area (Å²) in [7, 11) is 0. The Labute approximate surface area is 205 Å². The van der Waals surface area contributed by atoms with Crippen LogP contribution in [0.1, 0.15) is 56.2 Å². The Bertz CT molecular complexity index is 1110. The summed E-state index contributed by atoms with van der Waals surface area (Å²) in [6.45, 7) is 8.56. The van der Waals surface area contributed by atoms with Gasteiger partial charge in [-0.3, -0.25) is 4.79 Å². The molecule has 0 aliphatic rings. The maximum atomic E-state index is 14.0. The van der Waals surface area contributed by atoms with Crippen molar-refractivity contribution >= 4 is 17.5 Å². The molecule has 3 rings (SSSR count). The molecule has 0 heterocycles. The lowest BCUT2D eigenvalue weighted by atomic mass is 9.78. The van der Waals surface area contributed by atoms with Crippen molar-refractivity contribution in [3.8, 4) is 5.75 Å². The highest BCUT2D eigenvalue weighted by atomic mass is 35.5. The van der Waals surface area contributed by atoms with Gasteiger partial charge in [-0.1, -0.05) is 61.0 Å². The van der Waals surface area contributed by atoms with E-state index in [9.17, 15) is 13.6 Å². The van der Waals surface area contributed by atoms with Gasteiger partial charge in [-0.2, -0.15) is 0 Å². The summed E-state index contributed by atoms with van der Waals surface area (Å²) in [5, 5.41) is 3.73. The van der Waals surface area contributed by atoms with Crippen LogP contribution in [0.4, 0.5) is 8.78 Å². The Morgan fingerprint density at radius 1 is 0.941 bits per heavy atom. The second-order valence-corrected chi connectivity index (χ2v) is 9.60. The molecule has 1 amide bonds. The van der Waals surface area contributed by atoms with E-state index in [0.29, 0.717) is 5.02 Å². The van der Waals surface area contributed by atoms with Crippen LogP contribution < -0.4 is 10.1 Å². The van der Waals surface area contributed by atoms with Crippen LogP contribution in [0.3, 0.4) is 0 Å². The maximum absolute atomic E-state index is 14.0. The van der Waals surface area contributed by atoms with Crippen LogP contribution in [-0.4, -0.2) is 17.6 Å². The van der Waals surface area contributed by atoms with Crippen LogP contribution in [0.25, 0.3) is 0 Å². The quantitative estimate of drug-likeness (QED) is 0.367. The summed E-state index contributed by atoms with van der Waals surface area (Å²) < 4.78 is 33.7. The molecule has 0 saturated heterocycles. The van der Waals surface area contributed by atoms with E-state index in [0.717, 1.165) is 23.3 Å². The third-order valence-corrected chi connectivity index (χ3v) is 6.44. The predicted octanol–water partition coefficient (Wildman–Crippen LogP) is 7.18. The first-order valence-electron chi connectivity index (χ1n) is 11.3. The van der Waals surface area contributed by atoms with Crippen molar-refractivity contribution < 1.29 is 18.3 Å². The van der Waals surface area contributed by atoms with Crippen LogP contribution in [0, 0.1) is 18.6 Å². The molecule has 0 fully saturated rings. The largest absolute Gasteiger partial charge is 0.478 e. The smallest absolute Gasteiger partial charge is 0.263 e. The topological polar surface area (TPSA) is 38.3 Å². The highest BCUT2D eigenvalue weighted by Gasteiger charge is 2.35. The van der Waals surface area contributed by atoms with Gasteiger partial charge in [0.05, 0.1) is 0 Å². The molecule has 0 aliphatic heterocycles. The van der Waals surface area contributed by atoms with Crippen LogP contribution in [0.5, 0.6) is 5.75 Å². The Morgan fingerprint density at radius 2 is 1.50 bits per heavy atom. The van der Waals surface area contributed by atoms with E-state index in [2.05, 4.69) is 12.2 Å². The molecule has 0 aromatic heterocycles. The minimum atomic E-state index is -1.35. The zero-order chi connectivity index (χ0) is 25.0. The molecule has 3 aromatic carbocycles. The summed E-state index contributed by atoms with van der Waals surface area (Å²) in [6, 6.07) is 19.6. The number of carbonyl (C=O) groups is 1. The average Bonchev–Trinajstić information content (AvgIpc) is 2.78. The molecule has 6 heteroatoms. The normalized spacial score (nSPS) is 14.2. The fourth-order valence-corrected chi connectivity index (χ4v) is 4.28. The number of halogens is 3. The minimum absolute atomic E-state index is 0.0393. The molecule has 3 unspecified atom stereocenters. The molecule has 0 saturated carbocycles. The van der Waals surface area contributed by atoms with Crippen molar-refractivity contribution in [3.63, 3.8) is 0 Å².